The van der Waals surface area contributed by atoms with E-state index in [9.17, 15) is 18.4 Å². The summed E-state index contributed by atoms with van der Waals surface area (Å²) in [6, 6.07) is 10.2. The topological polar surface area (TPSA) is 49.4 Å². The van der Waals surface area contributed by atoms with E-state index >= 15 is 0 Å². The van der Waals surface area contributed by atoms with Crippen LogP contribution in [-0.2, 0) is 9.59 Å². The number of hydrogen-bond donors (Lipinski definition) is 1. The normalized spacial score (nSPS) is 14.1. The first-order valence-electron chi connectivity index (χ1n) is 7.31. The lowest BCUT2D eigenvalue weighted by Crippen LogP contribution is -2.38. The van der Waals surface area contributed by atoms with Gasteiger partial charge >= 0.3 is 0 Å². The number of rotatable bonds is 3. The van der Waals surface area contributed by atoms with Crippen LogP contribution in [0.2, 0.25) is 0 Å². The Balaban J connectivity index is 1.79. The van der Waals surface area contributed by atoms with E-state index in [1.807, 2.05) is 12.1 Å². The minimum atomic E-state index is -0.860. The molecule has 1 aliphatic rings. The average Bonchev–Trinajstić information content (AvgIpc) is 2.70. The molecule has 3 rings (SSSR count). The molecule has 0 aromatic heterocycles. The van der Waals surface area contributed by atoms with E-state index in [1.165, 1.54) is 4.90 Å². The van der Waals surface area contributed by atoms with Gasteiger partial charge in [-0.3, -0.25) is 9.59 Å². The summed E-state index contributed by atoms with van der Waals surface area (Å²) in [4.78, 5) is 26.8. The van der Waals surface area contributed by atoms with E-state index in [4.69, 9.17) is 0 Å². The average molecular weight is 348 g/mol. The second-order valence-corrected chi connectivity index (χ2v) is 6.36. The van der Waals surface area contributed by atoms with Crippen LogP contribution in [0.4, 0.5) is 20.2 Å². The largest absolute Gasteiger partial charge is 0.322 e. The quantitative estimate of drug-likeness (QED) is 0.924. The van der Waals surface area contributed by atoms with Crippen molar-refractivity contribution in [2.45, 2.75) is 11.3 Å². The van der Waals surface area contributed by atoms with Gasteiger partial charge in [-0.1, -0.05) is 12.1 Å². The second kappa shape index (κ2) is 7.00. The van der Waals surface area contributed by atoms with Crippen LogP contribution in [0.25, 0.3) is 0 Å². The Morgan fingerprint density at radius 2 is 2.00 bits per heavy atom. The number of halogens is 2. The molecule has 0 fully saturated rings. The number of hydrogen-bond acceptors (Lipinski definition) is 3. The van der Waals surface area contributed by atoms with Crippen LogP contribution in [0.3, 0.4) is 0 Å². The van der Waals surface area contributed by atoms with Crippen LogP contribution >= 0.6 is 11.8 Å². The predicted octanol–water partition coefficient (Wildman–Crippen LogP) is 3.43. The first kappa shape index (κ1) is 16.4. The molecule has 0 radical (unpaired) electrons. The van der Waals surface area contributed by atoms with E-state index < -0.39 is 17.5 Å². The molecular weight excluding hydrogens is 334 g/mol. The van der Waals surface area contributed by atoms with Gasteiger partial charge in [0.05, 0.1) is 11.4 Å². The lowest BCUT2D eigenvalue weighted by Gasteiger charge is -2.22. The van der Waals surface area contributed by atoms with Crippen LogP contribution in [0.15, 0.2) is 47.4 Å². The molecule has 0 unspecified atom stereocenters. The highest BCUT2D eigenvalue weighted by Gasteiger charge is 2.24. The van der Waals surface area contributed by atoms with E-state index in [2.05, 4.69) is 5.32 Å². The predicted molar refractivity (Wildman–Crippen MR) is 89.1 cm³/mol. The molecule has 0 aliphatic carbocycles. The third-order valence-corrected chi connectivity index (χ3v) is 4.60. The highest BCUT2D eigenvalue weighted by atomic mass is 32.2. The van der Waals surface area contributed by atoms with E-state index in [0.717, 1.165) is 17.0 Å². The zero-order chi connectivity index (χ0) is 17.1. The van der Waals surface area contributed by atoms with Crippen LogP contribution in [0.5, 0.6) is 0 Å². The first-order chi connectivity index (χ1) is 11.5. The molecule has 0 saturated heterocycles. The second-order valence-electron chi connectivity index (χ2n) is 5.22. The van der Waals surface area contributed by atoms with Crippen molar-refractivity contribution in [3.8, 4) is 0 Å². The van der Waals surface area contributed by atoms with Crippen molar-refractivity contribution >= 4 is 35.0 Å². The van der Waals surface area contributed by atoms with Crippen molar-refractivity contribution in [3.05, 3.63) is 54.1 Å². The van der Waals surface area contributed by atoms with E-state index in [0.29, 0.717) is 23.9 Å². The molecule has 4 nitrogen and oxygen atoms in total. The van der Waals surface area contributed by atoms with Crippen molar-refractivity contribution in [1.82, 2.24) is 0 Å². The van der Waals surface area contributed by atoms with Crippen LogP contribution in [-0.4, -0.2) is 24.1 Å². The molecule has 2 amide bonds. The van der Waals surface area contributed by atoms with Crippen LogP contribution in [0, 0.1) is 11.6 Å². The van der Waals surface area contributed by atoms with Gasteiger partial charge < -0.3 is 10.2 Å². The lowest BCUT2D eigenvalue weighted by molar-refractivity contribution is -0.121. The number of thioether (sulfide) groups is 1. The fraction of sp³-hybridized carbons (Fsp3) is 0.176. The van der Waals surface area contributed by atoms with Gasteiger partial charge in [-0.25, -0.2) is 8.78 Å². The Morgan fingerprint density at radius 3 is 2.79 bits per heavy atom. The monoisotopic (exact) mass is 348 g/mol. The maximum atomic E-state index is 13.6. The summed E-state index contributed by atoms with van der Waals surface area (Å²) in [7, 11) is 0. The zero-order valence-corrected chi connectivity index (χ0v) is 13.4. The number of carbonyl (C=O) groups is 2. The molecule has 24 heavy (non-hydrogen) atoms. The molecule has 1 heterocycles. The van der Waals surface area contributed by atoms with Crippen molar-refractivity contribution < 1.29 is 18.4 Å². The SMILES string of the molecule is O=C(CN1C(=O)CCSc2ccccc21)Nc1ccc(F)cc1F. The van der Waals surface area contributed by atoms with Crippen molar-refractivity contribution in [2.24, 2.45) is 0 Å². The number of carbonyl (C=O) groups excluding carboxylic acids is 2. The summed E-state index contributed by atoms with van der Waals surface area (Å²) in [5, 5.41) is 2.38. The molecule has 0 atom stereocenters. The molecule has 1 N–H and O–H groups in total. The molecule has 124 valence electrons. The van der Waals surface area contributed by atoms with E-state index in [1.54, 1.807) is 23.9 Å². The van der Waals surface area contributed by atoms with Gasteiger partial charge in [0.1, 0.15) is 18.2 Å². The van der Waals surface area contributed by atoms with Crippen molar-refractivity contribution in [3.63, 3.8) is 0 Å². The minimum Gasteiger partial charge on any atom is -0.322 e. The van der Waals surface area contributed by atoms with Gasteiger partial charge in [-0.15, -0.1) is 11.8 Å². The minimum absolute atomic E-state index is 0.119. The lowest BCUT2D eigenvalue weighted by atomic mass is 10.2. The highest BCUT2D eigenvalue weighted by molar-refractivity contribution is 7.99. The third kappa shape index (κ3) is 3.56. The number of nitrogens with one attached hydrogen (secondary N) is 1. The smallest absolute Gasteiger partial charge is 0.244 e. The van der Waals surface area contributed by atoms with Gasteiger partial charge in [0.2, 0.25) is 11.8 Å². The Bertz CT molecular complexity index is 798. The van der Waals surface area contributed by atoms with Gasteiger partial charge in [0.25, 0.3) is 0 Å². The van der Waals surface area contributed by atoms with Crippen molar-refractivity contribution in [2.75, 3.05) is 22.5 Å². The summed E-state index contributed by atoms with van der Waals surface area (Å²) in [6.07, 6.45) is 0.317. The standard InChI is InChI=1S/C17H14F2N2O2S/c18-11-5-6-13(12(19)9-11)20-16(22)10-21-14-3-1-2-4-15(14)24-8-7-17(21)23/h1-6,9H,7-8,10H2,(H,20,22). The number of benzene rings is 2. The van der Waals surface area contributed by atoms with E-state index in [-0.39, 0.29) is 18.1 Å². The summed E-state index contributed by atoms with van der Waals surface area (Å²) in [5.41, 5.74) is 0.547. The highest BCUT2D eigenvalue weighted by Crippen LogP contribution is 2.33. The maximum absolute atomic E-state index is 13.6. The number of anilines is 2. The van der Waals surface area contributed by atoms with Gasteiger partial charge in [-0.2, -0.15) is 0 Å². The fourth-order valence-electron chi connectivity index (χ4n) is 2.42. The fourth-order valence-corrected chi connectivity index (χ4v) is 3.41. The number of nitrogens with zero attached hydrogens (tertiary/aromatic N) is 1. The van der Waals surface area contributed by atoms with Gasteiger partial charge in [-0.05, 0) is 24.3 Å². The molecule has 2 aromatic carbocycles. The number of para-hydroxylation sites is 1. The summed E-state index contributed by atoms with van der Waals surface area (Å²) < 4.78 is 26.5. The molecule has 7 heteroatoms. The molecule has 0 bridgehead atoms. The third-order valence-electron chi connectivity index (χ3n) is 3.54. The van der Waals surface area contributed by atoms with Crippen LogP contribution in [0.1, 0.15) is 6.42 Å². The zero-order valence-electron chi connectivity index (χ0n) is 12.6. The Morgan fingerprint density at radius 1 is 1.21 bits per heavy atom. The molecule has 1 aliphatic heterocycles. The van der Waals surface area contributed by atoms with Gasteiger partial charge in [0, 0.05) is 23.1 Å². The summed E-state index contributed by atoms with van der Waals surface area (Å²) in [6.45, 7) is -0.229. The molecule has 0 spiro atoms. The maximum Gasteiger partial charge on any atom is 0.244 e. The number of fused-ring (bicyclic) bond motifs is 1. The first-order valence-corrected chi connectivity index (χ1v) is 8.30. The summed E-state index contributed by atoms with van der Waals surface area (Å²) >= 11 is 1.56. The Hall–Kier alpha value is -2.41. The van der Waals surface area contributed by atoms with Crippen molar-refractivity contribution in [1.29, 1.82) is 0 Å². The Labute approximate surface area is 141 Å². The summed E-state index contributed by atoms with van der Waals surface area (Å²) in [5.74, 6) is -1.65. The molecule has 0 saturated carbocycles. The number of amides is 2. The molecular formula is C17H14F2N2O2S. The Kier molecular flexibility index (Phi) is 4.80. The van der Waals surface area contributed by atoms with Crippen LogP contribution < -0.4 is 10.2 Å². The van der Waals surface area contributed by atoms with Gasteiger partial charge in [0.15, 0.2) is 0 Å². The molecule has 2 aromatic rings.